The molecular formula is C21H18Cl2FNO2. The SMILES string of the molecule is COC(=O)c1ccc(Cl)c(Cc2cc3c(F)cc(C4CC4)cc3n2C)c1Cl. The Hall–Kier alpha value is -2.04. The van der Waals surface area contributed by atoms with Crippen molar-refractivity contribution in [1.82, 2.24) is 4.57 Å². The minimum atomic E-state index is -0.518. The zero-order valence-electron chi connectivity index (χ0n) is 15.0. The van der Waals surface area contributed by atoms with Crippen LogP contribution in [0.15, 0.2) is 30.3 Å². The molecule has 0 unspecified atom stereocenters. The van der Waals surface area contributed by atoms with Crippen LogP contribution in [0.5, 0.6) is 0 Å². The van der Waals surface area contributed by atoms with Crippen LogP contribution in [0.25, 0.3) is 10.9 Å². The largest absolute Gasteiger partial charge is 0.465 e. The zero-order valence-corrected chi connectivity index (χ0v) is 16.5. The number of methoxy groups -OCH3 is 1. The number of benzene rings is 2. The molecule has 0 aliphatic heterocycles. The van der Waals surface area contributed by atoms with E-state index in [4.69, 9.17) is 27.9 Å². The minimum Gasteiger partial charge on any atom is -0.465 e. The summed E-state index contributed by atoms with van der Waals surface area (Å²) in [5.41, 5.74) is 3.65. The Balaban J connectivity index is 1.79. The van der Waals surface area contributed by atoms with Gasteiger partial charge in [-0.25, -0.2) is 9.18 Å². The first-order valence-electron chi connectivity index (χ1n) is 8.73. The van der Waals surface area contributed by atoms with Gasteiger partial charge in [-0.2, -0.15) is 0 Å². The summed E-state index contributed by atoms with van der Waals surface area (Å²) in [6.07, 6.45) is 2.62. The lowest BCUT2D eigenvalue weighted by Crippen LogP contribution is -2.05. The van der Waals surface area contributed by atoms with Crippen LogP contribution < -0.4 is 0 Å². The molecule has 1 aliphatic rings. The first-order valence-corrected chi connectivity index (χ1v) is 9.49. The summed E-state index contributed by atoms with van der Waals surface area (Å²) in [4.78, 5) is 11.9. The van der Waals surface area contributed by atoms with E-state index in [1.165, 1.54) is 7.11 Å². The van der Waals surface area contributed by atoms with Crippen LogP contribution in [0.2, 0.25) is 10.0 Å². The molecule has 3 nitrogen and oxygen atoms in total. The van der Waals surface area contributed by atoms with E-state index in [0.29, 0.717) is 28.3 Å². The topological polar surface area (TPSA) is 31.2 Å². The van der Waals surface area contributed by atoms with Gasteiger partial charge in [0.1, 0.15) is 5.82 Å². The highest BCUT2D eigenvalue weighted by Crippen LogP contribution is 2.42. The summed E-state index contributed by atoms with van der Waals surface area (Å²) in [5.74, 6) is -0.255. The van der Waals surface area contributed by atoms with Gasteiger partial charge in [0, 0.05) is 29.6 Å². The Morgan fingerprint density at radius 2 is 2.00 bits per heavy atom. The maximum atomic E-state index is 14.6. The molecule has 27 heavy (non-hydrogen) atoms. The third-order valence-corrected chi connectivity index (χ3v) is 6.02. The molecular weight excluding hydrogens is 388 g/mol. The van der Waals surface area contributed by atoms with E-state index in [1.807, 2.05) is 17.7 Å². The van der Waals surface area contributed by atoms with Gasteiger partial charge in [0.25, 0.3) is 0 Å². The maximum absolute atomic E-state index is 14.6. The molecule has 6 heteroatoms. The molecule has 1 aromatic heterocycles. The van der Waals surface area contributed by atoms with Gasteiger partial charge in [0.05, 0.1) is 23.2 Å². The van der Waals surface area contributed by atoms with Crippen LogP contribution in [0.4, 0.5) is 4.39 Å². The summed E-state index contributed by atoms with van der Waals surface area (Å²) in [6, 6.07) is 8.70. The Morgan fingerprint density at radius 3 is 2.67 bits per heavy atom. The highest BCUT2D eigenvalue weighted by molar-refractivity contribution is 6.38. The lowest BCUT2D eigenvalue weighted by molar-refractivity contribution is 0.0601. The highest BCUT2D eigenvalue weighted by Gasteiger charge is 2.26. The Kier molecular flexibility index (Phi) is 4.65. The summed E-state index contributed by atoms with van der Waals surface area (Å²) in [6.45, 7) is 0. The standard InChI is InChI=1S/C21H18Cl2FNO2/c1-25-13(9-15-17(22)6-5-14(20(15)23)21(26)27-2)10-16-18(24)7-12(8-19(16)25)11-3-4-11/h5-8,10-11H,3-4,9H2,1-2H3. The van der Waals surface area contributed by atoms with Crippen molar-refractivity contribution in [1.29, 1.82) is 0 Å². The lowest BCUT2D eigenvalue weighted by Gasteiger charge is -2.11. The van der Waals surface area contributed by atoms with Crippen LogP contribution in [0, 0.1) is 5.82 Å². The number of aromatic nitrogens is 1. The van der Waals surface area contributed by atoms with E-state index in [-0.39, 0.29) is 16.4 Å². The molecule has 0 radical (unpaired) electrons. The summed E-state index contributed by atoms with van der Waals surface area (Å²) in [5, 5.41) is 1.30. The van der Waals surface area contributed by atoms with Crippen molar-refractivity contribution < 1.29 is 13.9 Å². The number of halogens is 3. The predicted octanol–water partition coefficient (Wildman–Crippen LogP) is 5.88. The molecule has 2 aromatic carbocycles. The Morgan fingerprint density at radius 1 is 1.26 bits per heavy atom. The van der Waals surface area contributed by atoms with Crippen molar-refractivity contribution in [3.63, 3.8) is 0 Å². The number of rotatable bonds is 4. The van der Waals surface area contributed by atoms with Gasteiger partial charge in [-0.3, -0.25) is 0 Å². The van der Waals surface area contributed by atoms with Gasteiger partial charge in [-0.15, -0.1) is 0 Å². The second kappa shape index (κ2) is 6.84. The normalized spacial score (nSPS) is 14.0. The highest BCUT2D eigenvalue weighted by atomic mass is 35.5. The smallest absolute Gasteiger partial charge is 0.339 e. The number of hydrogen-bond donors (Lipinski definition) is 0. The van der Waals surface area contributed by atoms with Gasteiger partial charge >= 0.3 is 5.97 Å². The number of aryl methyl sites for hydroxylation is 1. The number of esters is 1. The third-order valence-electron chi connectivity index (χ3n) is 5.23. The molecule has 0 saturated heterocycles. The van der Waals surface area contributed by atoms with Crippen molar-refractivity contribution in [2.45, 2.75) is 25.2 Å². The number of ether oxygens (including phenoxy) is 1. The molecule has 0 amide bonds. The molecule has 4 rings (SSSR count). The summed E-state index contributed by atoms with van der Waals surface area (Å²) in [7, 11) is 3.21. The van der Waals surface area contributed by atoms with Gasteiger partial charge in [-0.1, -0.05) is 23.2 Å². The second-order valence-corrected chi connectivity index (χ2v) is 7.75. The predicted molar refractivity (Wildman–Crippen MR) is 105 cm³/mol. The molecule has 1 saturated carbocycles. The van der Waals surface area contributed by atoms with Crippen LogP contribution in [-0.2, 0) is 18.2 Å². The fraction of sp³-hybridized carbons (Fsp3) is 0.286. The summed E-state index contributed by atoms with van der Waals surface area (Å²) >= 11 is 12.8. The van der Waals surface area contributed by atoms with Crippen molar-refractivity contribution in [2.24, 2.45) is 7.05 Å². The quantitative estimate of drug-likeness (QED) is 0.507. The molecule has 1 heterocycles. The van der Waals surface area contributed by atoms with Crippen LogP contribution in [-0.4, -0.2) is 17.6 Å². The Bertz CT molecular complexity index is 1070. The van der Waals surface area contributed by atoms with E-state index in [9.17, 15) is 9.18 Å². The molecule has 0 spiro atoms. The van der Waals surface area contributed by atoms with Crippen LogP contribution in [0.3, 0.4) is 0 Å². The van der Waals surface area contributed by atoms with E-state index in [2.05, 4.69) is 6.07 Å². The molecule has 140 valence electrons. The summed E-state index contributed by atoms with van der Waals surface area (Å²) < 4.78 is 21.3. The first-order chi connectivity index (χ1) is 12.9. The average Bonchev–Trinajstić information content (AvgIpc) is 3.44. The van der Waals surface area contributed by atoms with Crippen molar-refractivity contribution >= 4 is 40.1 Å². The zero-order chi connectivity index (χ0) is 19.3. The van der Waals surface area contributed by atoms with Gasteiger partial charge in [0.2, 0.25) is 0 Å². The second-order valence-electron chi connectivity index (χ2n) is 6.96. The fourth-order valence-electron chi connectivity index (χ4n) is 3.49. The van der Waals surface area contributed by atoms with Gasteiger partial charge < -0.3 is 9.30 Å². The van der Waals surface area contributed by atoms with Crippen molar-refractivity contribution in [3.8, 4) is 0 Å². The maximum Gasteiger partial charge on any atom is 0.339 e. The van der Waals surface area contributed by atoms with E-state index in [1.54, 1.807) is 18.2 Å². The Labute approximate surface area is 166 Å². The number of carbonyl (C=O) groups is 1. The minimum absolute atomic E-state index is 0.211. The lowest BCUT2D eigenvalue weighted by atomic mass is 10.1. The third kappa shape index (κ3) is 3.21. The number of nitrogens with zero attached hydrogens (tertiary/aromatic N) is 1. The average molecular weight is 406 g/mol. The fourth-order valence-corrected chi connectivity index (χ4v) is 4.07. The first kappa shape index (κ1) is 18.3. The molecule has 0 atom stereocenters. The number of hydrogen-bond acceptors (Lipinski definition) is 2. The number of carbonyl (C=O) groups excluding carboxylic acids is 1. The molecule has 3 aromatic rings. The van der Waals surface area contributed by atoms with E-state index < -0.39 is 5.97 Å². The van der Waals surface area contributed by atoms with E-state index >= 15 is 0 Å². The molecule has 0 N–H and O–H groups in total. The van der Waals surface area contributed by atoms with E-state index in [0.717, 1.165) is 29.6 Å². The number of fused-ring (bicyclic) bond motifs is 1. The van der Waals surface area contributed by atoms with Crippen LogP contribution in [0.1, 0.15) is 45.9 Å². The van der Waals surface area contributed by atoms with Crippen molar-refractivity contribution in [3.05, 3.63) is 68.6 Å². The van der Waals surface area contributed by atoms with Gasteiger partial charge in [-0.05, 0) is 60.2 Å². The molecule has 0 bridgehead atoms. The van der Waals surface area contributed by atoms with Crippen molar-refractivity contribution in [2.75, 3.05) is 7.11 Å². The van der Waals surface area contributed by atoms with Crippen LogP contribution >= 0.6 is 23.2 Å². The van der Waals surface area contributed by atoms with Gasteiger partial charge in [0.15, 0.2) is 0 Å². The molecule has 1 aliphatic carbocycles. The monoisotopic (exact) mass is 405 g/mol. The molecule has 1 fully saturated rings.